The maximum atomic E-state index is 13.4. The number of halogens is 2. The molecule has 1 fully saturated rings. The van der Waals surface area contributed by atoms with Crippen LogP contribution < -0.4 is 4.90 Å². The summed E-state index contributed by atoms with van der Waals surface area (Å²) in [5, 5.41) is 0.157. The number of aromatic nitrogens is 1. The van der Waals surface area contributed by atoms with E-state index in [0.717, 1.165) is 12.1 Å². The normalized spacial score (nSPS) is 19.8. The van der Waals surface area contributed by atoms with Crippen LogP contribution in [-0.2, 0) is 14.6 Å². The van der Waals surface area contributed by atoms with Crippen LogP contribution in [0.3, 0.4) is 0 Å². The number of ether oxygens (including phenoxy) is 1. The van der Waals surface area contributed by atoms with Crippen LogP contribution in [0.2, 0.25) is 5.02 Å². The van der Waals surface area contributed by atoms with Crippen molar-refractivity contribution < 1.29 is 22.0 Å². The largest absolute Gasteiger partial charge is 0.419 e. The Kier molecular flexibility index (Phi) is 5.57. The van der Waals surface area contributed by atoms with E-state index in [9.17, 15) is 12.8 Å². The zero-order chi connectivity index (χ0) is 21.5. The fourth-order valence-corrected chi connectivity index (χ4v) is 5.03. The molecule has 3 aromatic rings. The lowest BCUT2D eigenvalue weighted by Crippen LogP contribution is -2.45. The number of rotatable bonds is 4. The van der Waals surface area contributed by atoms with Crippen LogP contribution >= 0.6 is 11.6 Å². The zero-order valence-electron chi connectivity index (χ0n) is 16.4. The Labute approximate surface area is 179 Å². The third kappa shape index (κ3) is 3.95. The number of oxazole rings is 1. The zero-order valence-corrected chi connectivity index (χ0v) is 18.0. The highest BCUT2D eigenvalue weighted by atomic mass is 35.5. The van der Waals surface area contributed by atoms with Gasteiger partial charge in [0.05, 0.1) is 27.7 Å². The van der Waals surface area contributed by atoms with Gasteiger partial charge in [-0.1, -0.05) is 23.7 Å². The SMILES string of the molecule is C[C@@H]1CN(c2oc(-c3ccccc3Cl)nc2S(=O)(=O)c2ccc(F)cc2)C[C@@H](C)O1. The van der Waals surface area contributed by atoms with Gasteiger partial charge in [0.1, 0.15) is 5.82 Å². The topological polar surface area (TPSA) is 72.6 Å². The number of anilines is 1. The Morgan fingerprint density at radius 3 is 2.33 bits per heavy atom. The van der Waals surface area contributed by atoms with Gasteiger partial charge in [-0.15, -0.1) is 0 Å². The first-order valence-corrected chi connectivity index (χ1v) is 11.3. The number of sulfone groups is 1. The molecular weight excluding hydrogens is 431 g/mol. The van der Waals surface area contributed by atoms with Crippen molar-refractivity contribution in [3.63, 3.8) is 0 Å². The van der Waals surface area contributed by atoms with Crippen LogP contribution in [0.4, 0.5) is 10.3 Å². The molecule has 0 unspecified atom stereocenters. The van der Waals surface area contributed by atoms with Gasteiger partial charge in [-0.3, -0.25) is 0 Å². The van der Waals surface area contributed by atoms with E-state index in [4.69, 9.17) is 20.8 Å². The average Bonchev–Trinajstić information content (AvgIpc) is 3.14. The van der Waals surface area contributed by atoms with Gasteiger partial charge in [-0.25, -0.2) is 12.8 Å². The first-order valence-electron chi connectivity index (χ1n) is 9.42. The highest BCUT2D eigenvalue weighted by molar-refractivity contribution is 7.91. The maximum Gasteiger partial charge on any atom is 0.236 e. The molecular formula is C21H20ClFN2O4S. The quantitative estimate of drug-likeness (QED) is 0.542. The highest BCUT2D eigenvalue weighted by Gasteiger charge is 2.34. The van der Waals surface area contributed by atoms with Crippen molar-refractivity contribution in [3.8, 4) is 11.5 Å². The molecule has 1 aliphatic rings. The fraction of sp³-hybridized carbons (Fsp3) is 0.286. The Balaban J connectivity index is 1.87. The second-order valence-electron chi connectivity index (χ2n) is 7.23. The fourth-order valence-electron chi connectivity index (χ4n) is 3.49. The molecule has 6 nitrogen and oxygen atoms in total. The Bertz CT molecular complexity index is 1150. The lowest BCUT2D eigenvalue weighted by molar-refractivity contribution is -0.00657. The summed E-state index contributed by atoms with van der Waals surface area (Å²) in [5.74, 6) is -0.304. The molecule has 30 heavy (non-hydrogen) atoms. The van der Waals surface area contributed by atoms with Crippen LogP contribution in [0, 0.1) is 5.82 Å². The number of hydrogen-bond donors (Lipinski definition) is 0. The van der Waals surface area contributed by atoms with Crippen LogP contribution in [-0.4, -0.2) is 38.7 Å². The Morgan fingerprint density at radius 2 is 1.70 bits per heavy atom. The Hall–Kier alpha value is -2.42. The van der Waals surface area contributed by atoms with Crippen molar-refractivity contribution in [2.45, 2.75) is 36.0 Å². The second-order valence-corrected chi connectivity index (χ2v) is 9.50. The summed E-state index contributed by atoms with van der Waals surface area (Å²) in [4.78, 5) is 6.06. The minimum absolute atomic E-state index is 0.0708. The molecule has 1 aromatic heterocycles. The van der Waals surface area contributed by atoms with Crippen molar-refractivity contribution in [3.05, 3.63) is 59.4 Å². The number of hydrogen-bond acceptors (Lipinski definition) is 6. The molecule has 4 rings (SSSR count). The summed E-state index contributed by atoms with van der Waals surface area (Å²) >= 11 is 6.28. The molecule has 0 spiro atoms. The van der Waals surface area contributed by atoms with Gasteiger partial charge in [0.25, 0.3) is 0 Å². The smallest absolute Gasteiger partial charge is 0.236 e. The predicted octanol–water partition coefficient (Wildman–Crippen LogP) is 4.58. The van der Waals surface area contributed by atoms with Crippen molar-refractivity contribution >= 4 is 27.3 Å². The molecule has 158 valence electrons. The summed E-state index contributed by atoms with van der Waals surface area (Å²) in [6.07, 6.45) is -0.243. The summed E-state index contributed by atoms with van der Waals surface area (Å²) in [7, 11) is -4.07. The first kappa shape index (κ1) is 20.8. The van der Waals surface area contributed by atoms with Gasteiger partial charge in [-0.05, 0) is 50.2 Å². The maximum absolute atomic E-state index is 13.4. The first-order chi connectivity index (χ1) is 14.3. The van der Waals surface area contributed by atoms with Crippen molar-refractivity contribution in [2.24, 2.45) is 0 Å². The van der Waals surface area contributed by atoms with E-state index in [2.05, 4.69) is 4.98 Å². The summed E-state index contributed by atoms with van der Waals surface area (Å²) in [6, 6.07) is 11.5. The van der Waals surface area contributed by atoms with Crippen LogP contribution in [0.5, 0.6) is 0 Å². The van der Waals surface area contributed by atoms with Gasteiger partial charge >= 0.3 is 0 Å². The summed E-state index contributed by atoms with van der Waals surface area (Å²) in [6.45, 7) is 4.69. The number of benzene rings is 2. The third-order valence-corrected chi connectivity index (χ3v) is 6.77. The lowest BCUT2D eigenvalue weighted by atomic mass is 10.2. The summed E-state index contributed by atoms with van der Waals surface area (Å²) < 4.78 is 51.8. The van der Waals surface area contributed by atoms with E-state index in [1.807, 2.05) is 18.7 Å². The molecule has 0 radical (unpaired) electrons. The van der Waals surface area contributed by atoms with Gasteiger partial charge < -0.3 is 14.1 Å². The monoisotopic (exact) mass is 450 g/mol. The minimum atomic E-state index is -4.07. The van der Waals surface area contributed by atoms with E-state index < -0.39 is 15.7 Å². The van der Waals surface area contributed by atoms with E-state index in [-0.39, 0.29) is 33.9 Å². The Morgan fingerprint density at radius 1 is 1.07 bits per heavy atom. The average molecular weight is 451 g/mol. The van der Waals surface area contributed by atoms with Crippen molar-refractivity contribution in [1.29, 1.82) is 0 Å². The molecule has 2 heterocycles. The summed E-state index contributed by atoms with van der Waals surface area (Å²) in [5.41, 5.74) is 0.482. The van der Waals surface area contributed by atoms with E-state index in [1.165, 1.54) is 12.1 Å². The van der Waals surface area contributed by atoms with Crippen LogP contribution in [0.25, 0.3) is 11.5 Å². The van der Waals surface area contributed by atoms with E-state index in [1.54, 1.807) is 24.3 Å². The van der Waals surface area contributed by atoms with E-state index in [0.29, 0.717) is 23.7 Å². The molecule has 1 saturated heterocycles. The molecule has 2 atom stereocenters. The number of morpholine rings is 1. The predicted molar refractivity (Wildman–Crippen MR) is 111 cm³/mol. The molecule has 0 saturated carbocycles. The molecule has 0 bridgehead atoms. The molecule has 2 aromatic carbocycles. The lowest BCUT2D eigenvalue weighted by Gasteiger charge is -2.35. The van der Waals surface area contributed by atoms with Gasteiger partial charge in [0.15, 0.2) is 0 Å². The molecule has 1 aliphatic heterocycles. The van der Waals surface area contributed by atoms with Crippen LogP contribution in [0.15, 0.2) is 62.9 Å². The molecule has 9 heteroatoms. The van der Waals surface area contributed by atoms with Gasteiger partial charge in [0.2, 0.25) is 26.6 Å². The van der Waals surface area contributed by atoms with E-state index >= 15 is 0 Å². The highest BCUT2D eigenvalue weighted by Crippen LogP contribution is 2.37. The van der Waals surface area contributed by atoms with Crippen molar-refractivity contribution in [2.75, 3.05) is 18.0 Å². The van der Waals surface area contributed by atoms with Gasteiger partial charge in [-0.2, -0.15) is 4.98 Å². The minimum Gasteiger partial charge on any atom is -0.419 e. The third-order valence-electron chi connectivity index (χ3n) is 4.77. The second kappa shape index (κ2) is 8.02. The van der Waals surface area contributed by atoms with Crippen molar-refractivity contribution in [1.82, 2.24) is 4.98 Å². The molecule has 0 aliphatic carbocycles. The van der Waals surface area contributed by atoms with Crippen LogP contribution in [0.1, 0.15) is 13.8 Å². The number of nitrogens with zero attached hydrogens (tertiary/aromatic N) is 2. The standard InChI is InChI=1S/C21H20ClFN2O4S/c1-13-11-25(12-14(2)28-13)21-20(30(26,27)16-9-7-15(23)8-10-16)24-19(29-21)17-5-3-4-6-18(17)22/h3-10,13-14H,11-12H2,1-2H3/t13-,14-/m1/s1. The van der Waals surface area contributed by atoms with Gasteiger partial charge in [0, 0.05) is 13.1 Å². The molecule has 0 amide bonds. The molecule has 0 N–H and O–H groups in total.